The Hall–Kier alpha value is -1.66. The molecular formula is C16H22O3. The Morgan fingerprint density at radius 1 is 1.26 bits per heavy atom. The predicted octanol–water partition coefficient (Wildman–Crippen LogP) is 2.85. The van der Waals surface area contributed by atoms with E-state index in [0.717, 1.165) is 29.9 Å². The molecule has 0 aromatic heterocycles. The molecule has 0 bridgehead atoms. The molecule has 104 valence electrons. The van der Waals surface area contributed by atoms with Gasteiger partial charge < -0.3 is 14.6 Å². The van der Waals surface area contributed by atoms with Crippen LogP contribution in [0.4, 0.5) is 0 Å². The Kier molecular flexibility index (Phi) is 6.84. The van der Waals surface area contributed by atoms with Crippen LogP contribution < -0.4 is 9.47 Å². The molecule has 3 nitrogen and oxygen atoms in total. The summed E-state index contributed by atoms with van der Waals surface area (Å²) in [6, 6.07) is 5.54. The molecule has 1 aromatic rings. The summed E-state index contributed by atoms with van der Waals surface area (Å²) in [6.07, 6.45) is 2.20. The van der Waals surface area contributed by atoms with E-state index in [0.29, 0.717) is 12.5 Å². The minimum absolute atomic E-state index is 0.163. The van der Waals surface area contributed by atoms with Crippen molar-refractivity contribution < 1.29 is 14.6 Å². The van der Waals surface area contributed by atoms with Gasteiger partial charge in [-0.1, -0.05) is 38.5 Å². The van der Waals surface area contributed by atoms with Gasteiger partial charge in [0.1, 0.15) is 18.1 Å². The van der Waals surface area contributed by atoms with Crippen molar-refractivity contribution in [3.8, 4) is 23.3 Å². The van der Waals surface area contributed by atoms with Crippen LogP contribution in [0.1, 0.15) is 32.3 Å². The van der Waals surface area contributed by atoms with E-state index in [4.69, 9.17) is 14.6 Å². The van der Waals surface area contributed by atoms with E-state index in [1.165, 1.54) is 0 Å². The summed E-state index contributed by atoms with van der Waals surface area (Å²) >= 11 is 0. The normalized spacial score (nSPS) is 9.95. The van der Waals surface area contributed by atoms with Gasteiger partial charge in [-0.15, -0.1) is 0 Å². The second-order valence-corrected chi connectivity index (χ2v) is 4.32. The van der Waals surface area contributed by atoms with Gasteiger partial charge in [0, 0.05) is 0 Å². The molecule has 0 saturated carbocycles. The predicted molar refractivity (Wildman–Crippen MR) is 76.5 cm³/mol. The molecule has 19 heavy (non-hydrogen) atoms. The summed E-state index contributed by atoms with van der Waals surface area (Å²) in [7, 11) is 1.61. The van der Waals surface area contributed by atoms with E-state index in [1.807, 2.05) is 18.2 Å². The van der Waals surface area contributed by atoms with Crippen molar-refractivity contribution in [1.82, 2.24) is 0 Å². The highest BCUT2D eigenvalue weighted by Crippen LogP contribution is 2.24. The fraction of sp³-hybridized carbons (Fsp3) is 0.500. The lowest BCUT2D eigenvalue weighted by molar-refractivity contribution is 0.240. The highest BCUT2D eigenvalue weighted by Gasteiger charge is 2.08. The Balaban J connectivity index is 2.86. The highest BCUT2D eigenvalue weighted by atomic mass is 16.5. The van der Waals surface area contributed by atoms with Gasteiger partial charge in [0.05, 0.1) is 19.3 Å². The zero-order valence-electron chi connectivity index (χ0n) is 11.9. The summed E-state index contributed by atoms with van der Waals surface area (Å²) < 4.78 is 11.0. The summed E-state index contributed by atoms with van der Waals surface area (Å²) in [5, 5.41) is 8.79. The first-order chi connectivity index (χ1) is 9.24. The largest absolute Gasteiger partial charge is 0.497 e. The Morgan fingerprint density at radius 2 is 2.00 bits per heavy atom. The zero-order valence-corrected chi connectivity index (χ0v) is 11.9. The van der Waals surface area contributed by atoms with E-state index in [1.54, 1.807) is 7.11 Å². The van der Waals surface area contributed by atoms with Gasteiger partial charge in [-0.05, 0) is 24.1 Å². The third kappa shape index (κ3) is 4.84. The van der Waals surface area contributed by atoms with Crippen molar-refractivity contribution in [1.29, 1.82) is 0 Å². The number of hydrogen-bond donors (Lipinski definition) is 1. The summed E-state index contributed by atoms with van der Waals surface area (Å²) in [5.74, 6) is 7.57. The molecule has 1 aromatic carbocycles. The van der Waals surface area contributed by atoms with Crippen LogP contribution in [-0.4, -0.2) is 25.4 Å². The number of aliphatic hydroxyl groups excluding tert-OH is 1. The average Bonchev–Trinajstić information content (AvgIpc) is 2.46. The third-order valence-electron chi connectivity index (χ3n) is 3.12. The van der Waals surface area contributed by atoms with Crippen molar-refractivity contribution in [2.75, 3.05) is 20.3 Å². The lowest BCUT2D eigenvalue weighted by Crippen LogP contribution is -2.10. The lowest BCUT2D eigenvalue weighted by atomic mass is 10.1. The SMILES string of the molecule is CCC(CC)COc1ccc(OC)cc1C#CCO. The minimum Gasteiger partial charge on any atom is -0.497 e. The lowest BCUT2D eigenvalue weighted by Gasteiger charge is -2.15. The Bertz CT molecular complexity index is 439. The molecule has 0 aliphatic heterocycles. The molecule has 0 unspecified atom stereocenters. The molecule has 1 rings (SSSR count). The molecule has 0 spiro atoms. The quantitative estimate of drug-likeness (QED) is 0.801. The second-order valence-electron chi connectivity index (χ2n) is 4.32. The maximum Gasteiger partial charge on any atom is 0.135 e. The van der Waals surface area contributed by atoms with Gasteiger partial charge in [0.2, 0.25) is 0 Å². The molecule has 0 aliphatic carbocycles. The highest BCUT2D eigenvalue weighted by molar-refractivity contribution is 5.50. The van der Waals surface area contributed by atoms with E-state index in [2.05, 4.69) is 25.7 Å². The fourth-order valence-corrected chi connectivity index (χ4v) is 1.73. The van der Waals surface area contributed by atoms with Crippen molar-refractivity contribution in [3.63, 3.8) is 0 Å². The second kappa shape index (κ2) is 8.44. The van der Waals surface area contributed by atoms with Crippen molar-refractivity contribution in [2.45, 2.75) is 26.7 Å². The molecule has 1 N–H and O–H groups in total. The topological polar surface area (TPSA) is 38.7 Å². The standard InChI is InChI=1S/C16H22O3/c1-4-13(5-2)12-19-16-9-8-15(18-3)11-14(16)7-6-10-17/h8-9,11,13,17H,4-5,10,12H2,1-3H3. The average molecular weight is 262 g/mol. The molecule has 3 heteroatoms. The molecule has 0 aliphatic rings. The first kappa shape index (κ1) is 15.4. The number of ether oxygens (including phenoxy) is 2. The van der Waals surface area contributed by atoms with Gasteiger partial charge >= 0.3 is 0 Å². The van der Waals surface area contributed by atoms with Crippen LogP contribution in [0.25, 0.3) is 0 Å². The fourth-order valence-electron chi connectivity index (χ4n) is 1.73. The van der Waals surface area contributed by atoms with Crippen LogP contribution in [0.5, 0.6) is 11.5 Å². The summed E-state index contributed by atoms with van der Waals surface area (Å²) in [6.45, 7) is 4.85. The molecule has 0 atom stereocenters. The van der Waals surface area contributed by atoms with Crippen LogP contribution in [-0.2, 0) is 0 Å². The van der Waals surface area contributed by atoms with Crippen LogP contribution in [0.2, 0.25) is 0 Å². The van der Waals surface area contributed by atoms with Crippen LogP contribution in [0, 0.1) is 17.8 Å². The molecule has 0 radical (unpaired) electrons. The minimum atomic E-state index is -0.163. The number of aliphatic hydroxyl groups is 1. The summed E-state index contributed by atoms with van der Waals surface area (Å²) in [5.41, 5.74) is 0.749. The maximum absolute atomic E-state index is 8.79. The van der Waals surface area contributed by atoms with Gasteiger partial charge in [0.25, 0.3) is 0 Å². The zero-order chi connectivity index (χ0) is 14.1. The number of hydrogen-bond acceptors (Lipinski definition) is 3. The van der Waals surface area contributed by atoms with Crippen LogP contribution >= 0.6 is 0 Å². The number of benzene rings is 1. The number of methoxy groups -OCH3 is 1. The van der Waals surface area contributed by atoms with E-state index in [9.17, 15) is 0 Å². The van der Waals surface area contributed by atoms with Crippen molar-refractivity contribution in [3.05, 3.63) is 23.8 Å². The van der Waals surface area contributed by atoms with E-state index < -0.39 is 0 Å². The van der Waals surface area contributed by atoms with Crippen LogP contribution in [0.3, 0.4) is 0 Å². The molecule has 0 fully saturated rings. The number of rotatable bonds is 6. The van der Waals surface area contributed by atoms with Crippen LogP contribution in [0.15, 0.2) is 18.2 Å². The van der Waals surface area contributed by atoms with E-state index in [-0.39, 0.29) is 6.61 Å². The van der Waals surface area contributed by atoms with Crippen molar-refractivity contribution in [2.24, 2.45) is 5.92 Å². The van der Waals surface area contributed by atoms with E-state index >= 15 is 0 Å². The van der Waals surface area contributed by atoms with Gasteiger partial charge in [-0.2, -0.15) is 0 Å². The maximum atomic E-state index is 8.79. The monoisotopic (exact) mass is 262 g/mol. The first-order valence-electron chi connectivity index (χ1n) is 6.65. The van der Waals surface area contributed by atoms with Gasteiger partial charge in [0.15, 0.2) is 0 Å². The summed E-state index contributed by atoms with van der Waals surface area (Å²) in [4.78, 5) is 0. The first-order valence-corrected chi connectivity index (χ1v) is 6.65. The Morgan fingerprint density at radius 3 is 2.58 bits per heavy atom. The van der Waals surface area contributed by atoms with Crippen molar-refractivity contribution >= 4 is 0 Å². The molecule has 0 amide bonds. The van der Waals surface area contributed by atoms with Gasteiger partial charge in [-0.3, -0.25) is 0 Å². The Labute approximate surface area is 115 Å². The van der Waals surface area contributed by atoms with Gasteiger partial charge in [-0.25, -0.2) is 0 Å². The molecule has 0 saturated heterocycles. The smallest absolute Gasteiger partial charge is 0.135 e. The molecular weight excluding hydrogens is 240 g/mol. The third-order valence-corrected chi connectivity index (χ3v) is 3.12. The molecule has 0 heterocycles.